The molecule has 1 aliphatic rings. The average molecular weight is 368 g/mol. The Morgan fingerprint density at radius 1 is 1.12 bits per heavy atom. The molecule has 0 unspecified atom stereocenters. The van der Waals surface area contributed by atoms with Crippen LogP contribution in [0.3, 0.4) is 0 Å². The molecule has 1 aromatic carbocycles. The molecule has 2 aromatic rings. The maximum Gasteiger partial charge on any atom is 0.417 e. The molecule has 3 rings (SSSR count). The van der Waals surface area contributed by atoms with Crippen LogP contribution in [0.25, 0.3) is 0 Å². The first-order valence-corrected chi connectivity index (χ1v) is 7.80. The standard InChI is InChI=1S/C17H15F3N2O4/c18-17(19,20)11-2-5-16(24)22(9-11)10-15(23)21-12-3-4-13-14(8-12)26-7-1-6-25-13/h2-5,8-9H,1,6-7,10H2,(H,21,23). The molecule has 138 valence electrons. The number of benzene rings is 1. The van der Waals surface area contributed by atoms with E-state index in [0.717, 1.165) is 12.5 Å². The van der Waals surface area contributed by atoms with Crippen molar-refractivity contribution in [2.75, 3.05) is 18.5 Å². The molecule has 0 spiro atoms. The molecule has 1 amide bonds. The summed E-state index contributed by atoms with van der Waals surface area (Å²) in [7, 11) is 0. The lowest BCUT2D eigenvalue weighted by atomic mass is 10.2. The van der Waals surface area contributed by atoms with E-state index in [9.17, 15) is 22.8 Å². The van der Waals surface area contributed by atoms with E-state index < -0.39 is 29.8 Å². The molecule has 0 bridgehead atoms. The van der Waals surface area contributed by atoms with E-state index in [0.29, 0.717) is 47.2 Å². The molecule has 2 heterocycles. The summed E-state index contributed by atoms with van der Waals surface area (Å²) in [4.78, 5) is 23.8. The maximum absolute atomic E-state index is 12.7. The lowest BCUT2D eigenvalue weighted by Crippen LogP contribution is -2.28. The number of anilines is 1. The molecular formula is C17H15F3N2O4. The van der Waals surface area contributed by atoms with E-state index in [1.807, 2.05) is 0 Å². The number of aromatic nitrogens is 1. The maximum atomic E-state index is 12.7. The molecule has 9 heteroatoms. The van der Waals surface area contributed by atoms with Gasteiger partial charge in [0, 0.05) is 30.4 Å². The van der Waals surface area contributed by atoms with Crippen LogP contribution in [0.1, 0.15) is 12.0 Å². The Kier molecular flexibility index (Phi) is 4.88. The summed E-state index contributed by atoms with van der Waals surface area (Å²) >= 11 is 0. The number of pyridine rings is 1. The third-order valence-electron chi connectivity index (χ3n) is 3.66. The van der Waals surface area contributed by atoms with E-state index in [4.69, 9.17) is 9.47 Å². The van der Waals surface area contributed by atoms with E-state index in [1.165, 1.54) is 0 Å². The quantitative estimate of drug-likeness (QED) is 0.904. The van der Waals surface area contributed by atoms with Crippen molar-refractivity contribution in [1.29, 1.82) is 0 Å². The van der Waals surface area contributed by atoms with Crippen LogP contribution in [-0.4, -0.2) is 23.7 Å². The number of carbonyl (C=O) groups excluding carboxylic acids is 1. The van der Waals surface area contributed by atoms with E-state index in [-0.39, 0.29) is 0 Å². The Hall–Kier alpha value is -2.97. The lowest BCUT2D eigenvalue weighted by Gasteiger charge is -2.12. The molecular weight excluding hydrogens is 353 g/mol. The second-order valence-corrected chi connectivity index (χ2v) is 5.64. The van der Waals surface area contributed by atoms with E-state index in [1.54, 1.807) is 18.2 Å². The fraction of sp³-hybridized carbons (Fsp3) is 0.294. The number of fused-ring (bicyclic) bond motifs is 1. The second-order valence-electron chi connectivity index (χ2n) is 5.64. The zero-order chi connectivity index (χ0) is 18.7. The van der Waals surface area contributed by atoms with Crippen LogP contribution in [0.15, 0.2) is 41.3 Å². The van der Waals surface area contributed by atoms with Crippen LogP contribution in [0.5, 0.6) is 11.5 Å². The summed E-state index contributed by atoms with van der Waals surface area (Å²) in [6.45, 7) is 0.457. The monoisotopic (exact) mass is 368 g/mol. The van der Waals surface area contributed by atoms with Gasteiger partial charge in [-0.25, -0.2) is 0 Å². The average Bonchev–Trinajstić information content (AvgIpc) is 2.80. The predicted molar refractivity (Wildman–Crippen MR) is 86.4 cm³/mol. The van der Waals surface area contributed by atoms with Crippen molar-refractivity contribution in [3.63, 3.8) is 0 Å². The SMILES string of the molecule is O=C(Cn1cc(C(F)(F)F)ccc1=O)Nc1ccc2c(c1)OCCCO2. The lowest BCUT2D eigenvalue weighted by molar-refractivity contribution is -0.138. The van der Waals surface area contributed by atoms with Gasteiger partial charge in [-0.05, 0) is 18.2 Å². The summed E-state index contributed by atoms with van der Waals surface area (Å²) < 4.78 is 49.9. The van der Waals surface area contributed by atoms with Gasteiger partial charge in [0.15, 0.2) is 11.5 Å². The van der Waals surface area contributed by atoms with Crippen molar-refractivity contribution in [1.82, 2.24) is 4.57 Å². The smallest absolute Gasteiger partial charge is 0.417 e. The van der Waals surface area contributed by atoms with Crippen molar-refractivity contribution in [2.45, 2.75) is 19.1 Å². The first kappa shape index (κ1) is 17.8. The minimum Gasteiger partial charge on any atom is -0.490 e. The highest BCUT2D eigenvalue weighted by molar-refractivity contribution is 5.90. The molecule has 0 radical (unpaired) electrons. The highest BCUT2D eigenvalue weighted by Gasteiger charge is 2.31. The zero-order valence-corrected chi connectivity index (χ0v) is 13.5. The van der Waals surface area contributed by atoms with Gasteiger partial charge in [-0.1, -0.05) is 0 Å². The summed E-state index contributed by atoms with van der Waals surface area (Å²) in [5.41, 5.74) is -1.31. The highest BCUT2D eigenvalue weighted by atomic mass is 19.4. The number of hydrogen-bond donors (Lipinski definition) is 1. The Morgan fingerprint density at radius 3 is 2.58 bits per heavy atom. The Bertz CT molecular complexity index is 877. The van der Waals surface area contributed by atoms with Gasteiger partial charge in [0.1, 0.15) is 6.54 Å². The number of hydrogen-bond acceptors (Lipinski definition) is 4. The van der Waals surface area contributed by atoms with Gasteiger partial charge >= 0.3 is 6.18 Å². The molecule has 1 N–H and O–H groups in total. The van der Waals surface area contributed by atoms with Gasteiger partial charge < -0.3 is 19.4 Å². The molecule has 0 atom stereocenters. The number of ether oxygens (including phenoxy) is 2. The fourth-order valence-corrected chi connectivity index (χ4v) is 2.42. The van der Waals surface area contributed by atoms with Gasteiger partial charge in [-0.15, -0.1) is 0 Å². The first-order chi connectivity index (χ1) is 12.3. The Labute approximate surface area is 146 Å². The van der Waals surface area contributed by atoms with Gasteiger partial charge in [0.05, 0.1) is 18.8 Å². The van der Waals surface area contributed by atoms with Crippen molar-refractivity contribution >= 4 is 11.6 Å². The number of nitrogens with zero attached hydrogens (tertiary/aromatic N) is 1. The number of halogens is 3. The summed E-state index contributed by atoms with van der Waals surface area (Å²) in [6.07, 6.45) is -3.25. The Balaban J connectivity index is 1.73. The molecule has 0 aliphatic carbocycles. The van der Waals surface area contributed by atoms with E-state index >= 15 is 0 Å². The van der Waals surface area contributed by atoms with Gasteiger partial charge in [0.25, 0.3) is 5.56 Å². The third-order valence-corrected chi connectivity index (χ3v) is 3.66. The van der Waals surface area contributed by atoms with Crippen molar-refractivity contribution in [2.24, 2.45) is 0 Å². The molecule has 26 heavy (non-hydrogen) atoms. The summed E-state index contributed by atoms with van der Waals surface area (Å²) in [5.74, 6) is 0.382. The fourth-order valence-electron chi connectivity index (χ4n) is 2.42. The number of carbonyl (C=O) groups is 1. The molecule has 6 nitrogen and oxygen atoms in total. The van der Waals surface area contributed by atoms with Crippen LogP contribution < -0.4 is 20.3 Å². The molecule has 0 fully saturated rings. The minimum atomic E-state index is -4.60. The molecule has 0 saturated carbocycles. The largest absolute Gasteiger partial charge is 0.490 e. The van der Waals surface area contributed by atoms with Crippen LogP contribution in [0.2, 0.25) is 0 Å². The van der Waals surface area contributed by atoms with Crippen LogP contribution in [0, 0.1) is 0 Å². The zero-order valence-electron chi connectivity index (χ0n) is 13.5. The summed E-state index contributed by atoms with van der Waals surface area (Å²) in [6, 6.07) is 6.24. The van der Waals surface area contributed by atoms with Crippen LogP contribution in [0.4, 0.5) is 18.9 Å². The Morgan fingerprint density at radius 2 is 1.85 bits per heavy atom. The third kappa shape index (κ3) is 4.16. The van der Waals surface area contributed by atoms with Gasteiger partial charge in [-0.3, -0.25) is 9.59 Å². The molecule has 1 aliphatic heterocycles. The number of alkyl halides is 3. The van der Waals surface area contributed by atoms with Crippen LogP contribution >= 0.6 is 0 Å². The first-order valence-electron chi connectivity index (χ1n) is 7.80. The molecule has 0 saturated heterocycles. The number of nitrogens with one attached hydrogen (secondary N) is 1. The van der Waals surface area contributed by atoms with Crippen molar-refractivity contribution in [3.05, 3.63) is 52.4 Å². The number of rotatable bonds is 3. The van der Waals surface area contributed by atoms with Gasteiger partial charge in [-0.2, -0.15) is 13.2 Å². The topological polar surface area (TPSA) is 69.6 Å². The second kappa shape index (κ2) is 7.11. The van der Waals surface area contributed by atoms with E-state index in [2.05, 4.69) is 5.32 Å². The minimum absolute atomic E-state index is 0.388. The molecule has 1 aromatic heterocycles. The summed E-state index contributed by atoms with van der Waals surface area (Å²) in [5, 5.41) is 2.53. The van der Waals surface area contributed by atoms with Crippen LogP contribution in [-0.2, 0) is 17.5 Å². The van der Waals surface area contributed by atoms with Crippen molar-refractivity contribution < 1.29 is 27.4 Å². The normalized spacial score (nSPS) is 13.8. The van der Waals surface area contributed by atoms with Gasteiger partial charge in [0.2, 0.25) is 5.91 Å². The highest BCUT2D eigenvalue weighted by Crippen LogP contribution is 2.32. The van der Waals surface area contributed by atoms with Crippen molar-refractivity contribution in [3.8, 4) is 11.5 Å². The predicted octanol–water partition coefficient (Wildman–Crippen LogP) is 2.67. The number of amides is 1.